The Balaban J connectivity index is 1.14. The summed E-state index contributed by atoms with van der Waals surface area (Å²) in [5, 5.41) is 8.91. The lowest BCUT2D eigenvalue weighted by atomic mass is 10.0. The lowest BCUT2D eigenvalue weighted by Gasteiger charge is -2.10. The first-order valence-electron chi connectivity index (χ1n) is 12.2. The Bertz CT molecular complexity index is 1390. The first kappa shape index (κ1) is 26.9. The Labute approximate surface area is 218 Å². The van der Waals surface area contributed by atoms with Crippen molar-refractivity contribution in [3.63, 3.8) is 0 Å². The summed E-state index contributed by atoms with van der Waals surface area (Å²) in [4.78, 5) is 0. The summed E-state index contributed by atoms with van der Waals surface area (Å²) in [6.45, 7) is 1.50. The lowest BCUT2D eigenvalue weighted by Crippen LogP contribution is -2.00. The van der Waals surface area contributed by atoms with Crippen LogP contribution in [0.5, 0.6) is 5.75 Å². The molecule has 0 atom stereocenters. The number of hydrogen-bond donors (Lipinski definition) is 0. The topological polar surface area (TPSA) is 42.2 Å². The highest BCUT2D eigenvalue weighted by atomic mass is 19.2. The van der Waals surface area contributed by atoms with E-state index in [2.05, 4.69) is 6.07 Å². The minimum absolute atomic E-state index is 0.0452. The molecule has 0 N–H and O–H groups in total. The van der Waals surface area contributed by atoms with E-state index in [1.807, 2.05) is 36.4 Å². The Hall–Kier alpha value is -4.15. The smallest absolute Gasteiger partial charge is 0.194 e. The first-order chi connectivity index (χ1) is 18.4. The fourth-order valence-electron chi connectivity index (χ4n) is 3.92. The summed E-state index contributed by atoms with van der Waals surface area (Å²) in [7, 11) is 0. The predicted molar refractivity (Wildman–Crippen MR) is 137 cm³/mol. The number of rotatable bonds is 11. The van der Waals surface area contributed by atoms with Gasteiger partial charge in [-0.25, -0.2) is 17.6 Å². The zero-order valence-corrected chi connectivity index (χ0v) is 20.5. The van der Waals surface area contributed by atoms with Crippen LogP contribution >= 0.6 is 0 Å². The molecule has 4 rings (SSSR count). The average Bonchev–Trinajstić information content (AvgIpc) is 2.93. The number of ether oxygens (including phenoxy) is 2. The Morgan fingerprint density at radius 2 is 1.26 bits per heavy atom. The lowest BCUT2D eigenvalue weighted by molar-refractivity contribution is 0.116. The van der Waals surface area contributed by atoms with Gasteiger partial charge in [0, 0.05) is 18.2 Å². The molecule has 4 aromatic carbocycles. The van der Waals surface area contributed by atoms with Gasteiger partial charge in [0.25, 0.3) is 0 Å². The number of hydrogen-bond acceptors (Lipinski definition) is 3. The van der Waals surface area contributed by atoms with Gasteiger partial charge in [-0.2, -0.15) is 5.26 Å². The normalized spacial score (nSPS) is 10.8. The van der Waals surface area contributed by atoms with Gasteiger partial charge in [-0.05, 0) is 77.9 Å². The van der Waals surface area contributed by atoms with Crippen LogP contribution in [0.25, 0.3) is 22.3 Å². The molecular formula is C31H25F4NO2. The minimum Gasteiger partial charge on any atom is -0.493 e. The SMILES string of the molecule is N#Cc1ccc(-c2ccc(COCCCCCOc3ccc(-c4cc(F)c(F)c(F)c4)c(F)c3)cc2)cc1. The van der Waals surface area contributed by atoms with Gasteiger partial charge in [0.15, 0.2) is 17.5 Å². The fourth-order valence-corrected chi connectivity index (χ4v) is 3.92. The Kier molecular flexibility index (Phi) is 9.12. The van der Waals surface area contributed by atoms with Crippen LogP contribution in [0.3, 0.4) is 0 Å². The van der Waals surface area contributed by atoms with Crippen molar-refractivity contribution in [1.29, 1.82) is 5.26 Å². The van der Waals surface area contributed by atoms with Crippen LogP contribution in [0.15, 0.2) is 78.9 Å². The first-order valence-corrected chi connectivity index (χ1v) is 12.2. The van der Waals surface area contributed by atoms with Crippen molar-refractivity contribution in [2.24, 2.45) is 0 Å². The van der Waals surface area contributed by atoms with Crippen LogP contribution in [0.1, 0.15) is 30.4 Å². The number of benzene rings is 4. The molecule has 0 heterocycles. The Morgan fingerprint density at radius 1 is 0.632 bits per heavy atom. The van der Waals surface area contributed by atoms with E-state index < -0.39 is 23.3 Å². The summed E-state index contributed by atoms with van der Waals surface area (Å²) >= 11 is 0. The molecule has 0 saturated carbocycles. The second-order valence-electron chi connectivity index (χ2n) is 8.74. The molecule has 0 aliphatic carbocycles. The summed E-state index contributed by atoms with van der Waals surface area (Å²) in [6, 6.07) is 23.2. The maximum Gasteiger partial charge on any atom is 0.194 e. The van der Waals surface area contributed by atoms with Crippen LogP contribution in [0.4, 0.5) is 17.6 Å². The van der Waals surface area contributed by atoms with Crippen LogP contribution in [-0.4, -0.2) is 13.2 Å². The molecule has 0 amide bonds. The van der Waals surface area contributed by atoms with Gasteiger partial charge in [0.2, 0.25) is 0 Å². The molecule has 0 radical (unpaired) electrons. The summed E-state index contributed by atoms with van der Waals surface area (Å²) < 4.78 is 65.8. The van der Waals surface area contributed by atoms with Crippen molar-refractivity contribution in [3.05, 3.63) is 113 Å². The number of unbranched alkanes of at least 4 members (excludes halogenated alkanes) is 2. The van der Waals surface area contributed by atoms with Gasteiger partial charge < -0.3 is 9.47 Å². The van der Waals surface area contributed by atoms with Crippen molar-refractivity contribution in [1.82, 2.24) is 0 Å². The molecule has 38 heavy (non-hydrogen) atoms. The minimum atomic E-state index is -1.59. The van der Waals surface area contributed by atoms with E-state index in [0.29, 0.717) is 31.1 Å². The van der Waals surface area contributed by atoms with E-state index in [9.17, 15) is 17.6 Å². The van der Waals surface area contributed by atoms with Gasteiger partial charge in [-0.15, -0.1) is 0 Å². The highest BCUT2D eigenvalue weighted by Crippen LogP contribution is 2.29. The maximum atomic E-state index is 14.4. The van der Waals surface area contributed by atoms with Crippen LogP contribution in [0.2, 0.25) is 0 Å². The van der Waals surface area contributed by atoms with Gasteiger partial charge in [-0.3, -0.25) is 0 Å². The summed E-state index contributed by atoms with van der Waals surface area (Å²) in [5.74, 6) is -4.75. The second-order valence-corrected chi connectivity index (χ2v) is 8.74. The molecule has 0 bridgehead atoms. The molecule has 0 aliphatic rings. The molecule has 7 heteroatoms. The zero-order chi connectivity index (χ0) is 26.9. The average molecular weight is 520 g/mol. The number of nitrogens with zero attached hydrogens (tertiary/aromatic N) is 1. The van der Waals surface area contributed by atoms with Gasteiger partial charge in [0.05, 0.1) is 24.8 Å². The van der Waals surface area contributed by atoms with E-state index >= 15 is 0 Å². The van der Waals surface area contributed by atoms with Crippen LogP contribution < -0.4 is 4.74 Å². The van der Waals surface area contributed by atoms with Crippen LogP contribution in [-0.2, 0) is 11.3 Å². The summed E-state index contributed by atoms with van der Waals surface area (Å²) in [5.41, 5.74) is 3.70. The van der Waals surface area contributed by atoms with Crippen molar-refractivity contribution in [3.8, 4) is 34.1 Å². The molecule has 0 aromatic heterocycles. The molecule has 0 aliphatic heterocycles. The summed E-state index contributed by atoms with van der Waals surface area (Å²) in [6.07, 6.45) is 2.47. The van der Waals surface area contributed by atoms with Crippen molar-refractivity contribution >= 4 is 0 Å². The highest BCUT2D eigenvalue weighted by molar-refractivity contribution is 5.65. The van der Waals surface area contributed by atoms with Gasteiger partial charge in [-0.1, -0.05) is 36.4 Å². The third-order valence-electron chi connectivity index (χ3n) is 6.01. The fraction of sp³-hybridized carbons (Fsp3) is 0.194. The quantitative estimate of drug-likeness (QED) is 0.114. The molecule has 194 valence electrons. The van der Waals surface area contributed by atoms with Crippen molar-refractivity contribution < 1.29 is 27.0 Å². The number of halogens is 4. The van der Waals surface area contributed by atoms with E-state index in [0.717, 1.165) is 54.2 Å². The molecule has 0 fully saturated rings. The predicted octanol–water partition coefficient (Wildman–Crippen LogP) is 8.21. The highest BCUT2D eigenvalue weighted by Gasteiger charge is 2.14. The molecule has 3 nitrogen and oxygen atoms in total. The van der Waals surface area contributed by atoms with Gasteiger partial charge in [0.1, 0.15) is 11.6 Å². The molecule has 4 aromatic rings. The monoisotopic (exact) mass is 519 g/mol. The molecule has 0 unspecified atom stereocenters. The molecular weight excluding hydrogens is 494 g/mol. The van der Waals surface area contributed by atoms with E-state index in [-0.39, 0.29) is 11.1 Å². The zero-order valence-electron chi connectivity index (χ0n) is 20.5. The standard InChI is InChI=1S/C31H25F4NO2/c32-28-18-26(12-13-27(28)25-16-29(33)31(35)30(34)17-25)38-15-3-1-2-14-37-20-22-6-10-24(11-7-22)23-8-4-21(19-36)5-9-23/h4-13,16-18H,1-3,14-15,20H2. The largest absolute Gasteiger partial charge is 0.493 e. The van der Waals surface area contributed by atoms with E-state index in [4.69, 9.17) is 14.7 Å². The Morgan fingerprint density at radius 3 is 1.89 bits per heavy atom. The molecule has 0 saturated heterocycles. The second kappa shape index (κ2) is 12.9. The van der Waals surface area contributed by atoms with Gasteiger partial charge >= 0.3 is 0 Å². The van der Waals surface area contributed by atoms with Crippen LogP contribution in [0, 0.1) is 34.6 Å². The van der Waals surface area contributed by atoms with E-state index in [1.54, 1.807) is 12.1 Å². The number of nitriles is 1. The third kappa shape index (κ3) is 6.99. The molecule has 0 spiro atoms. The third-order valence-corrected chi connectivity index (χ3v) is 6.01. The van der Waals surface area contributed by atoms with E-state index in [1.165, 1.54) is 12.1 Å². The van der Waals surface area contributed by atoms with Crippen molar-refractivity contribution in [2.45, 2.75) is 25.9 Å². The maximum absolute atomic E-state index is 14.4. The van der Waals surface area contributed by atoms with Crippen molar-refractivity contribution in [2.75, 3.05) is 13.2 Å².